The predicted octanol–water partition coefficient (Wildman–Crippen LogP) is 0.495. The lowest BCUT2D eigenvalue weighted by Crippen LogP contribution is -2.39. The zero-order valence-corrected chi connectivity index (χ0v) is 11.2. The van der Waals surface area contributed by atoms with Crippen LogP contribution in [0.3, 0.4) is 0 Å². The van der Waals surface area contributed by atoms with Crippen LogP contribution in [0.25, 0.3) is 0 Å². The molecule has 0 bridgehead atoms. The van der Waals surface area contributed by atoms with Gasteiger partial charge in [-0.1, -0.05) is 6.92 Å². The first kappa shape index (κ1) is 13.9. The van der Waals surface area contributed by atoms with Crippen molar-refractivity contribution < 1.29 is 8.42 Å². The van der Waals surface area contributed by atoms with Crippen LogP contribution in [0.15, 0.2) is 0 Å². The molecule has 1 fully saturated rings. The van der Waals surface area contributed by atoms with Gasteiger partial charge >= 0.3 is 0 Å². The second kappa shape index (κ2) is 6.57. The Morgan fingerprint density at radius 2 is 2.12 bits per heavy atom. The summed E-state index contributed by atoms with van der Waals surface area (Å²) in [5.74, 6) is 0.651. The molecule has 1 unspecified atom stereocenters. The summed E-state index contributed by atoms with van der Waals surface area (Å²) in [6.07, 6.45) is 3.11. The van der Waals surface area contributed by atoms with Crippen molar-refractivity contribution in [2.24, 2.45) is 0 Å². The van der Waals surface area contributed by atoms with Crippen LogP contribution in [0, 0.1) is 0 Å². The molecule has 1 aliphatic rings. The Hall–Kier alpha value is -0.130. The first-order valence-electron chi connectivity index (χ1n) is 6.18. The number of nitrogens with one attached hydrogen (secondary N) is 1. The highest BCUT2D eigenvalue weighted by Crippen LogP contribution is 2.16. The number of hydrogen-bond acceptors (Lipinski definition) is 4. The van der Waals surface area contributed by atoms with E-state index in [9.17, 15) is 8.42 Å². The quantitative estimate of drug-likeness (QED) is 0.712. The first-order chi connectivity index (χ1) is 7.59. The van der Waals surface area contributed by atoms with Crippen molar-refractivity contribution in [2.45, 2.75) is 32.2 Å². The lowest BCUT2D eigenvalue weighted by molar-refractivity contribution is 0.264. The standard InChI is InChI=1S/C11H24N2O2S/c1-3-8-16(14,15)9-7-13-6-4-5-11(13)10-12-2/h11-12H,3-10H2,1-2H3. The number of likely N-dealkylation sites (N-methyl/N-ethyl adjacent to an activating group) is 1. The summed E-state index contributed by atoms with van der Waals surface area (Å²) in [6, 6.07) is 0.529. The van der Waals surface area contributed by atoms with Crippen molar-refractivity contribution in [3.8, 4) is 0 Å². The number of likely N-dealkylation sites (tertiary alicyclic amines) is 1. The summed E-state index contributed by atoms with van der Waals surface area (Å²) in [6.45, 7) is 4.63. The van der Waals surface area contributed by atoms with Crippen LogP contribution in [0.1, 0.15) is 26.2 Å². The van der Waals surface area contributed by atoms with Crippen molar-refractivity contribution in [2.75, 3.05) is 38.2 Å². The van der Waals surface area contributed by atoms with Gasteiger partial charge in [-0.25, -0.2) is 8.42 Å². The molecule has 0 saturated carbocycles. The van der Waals surface area contributed by atoms with E-state index in [2.05, 4.69) is 10.2 Å². The van der Waals surface area contributed by atoms with E-state index in [1.165, 1.54) is 12.8 Å². The van der Waals surface area contributed by atoms with Gasteiger partial charge < -0.3 is 5.32 Å². The first-order valence-corrected chi connectivity index (χ1v) is 8.00. The molecule has 1 heterocycles. The van der Waals surface area contributed by atoms with E-state index in [4.69, 9.17) is 0 Å². The third-order valence-electron chi connectivity index (χ3n) is 3.14. The van der Waals surface area contributed by atoms with Crippen LogP contribution in [-0.2, 0) is 9.84 Å². The Balaban J connectivity index is 2.36. The largest absolute Gasteiger partial charge is 0.318 e. The average Bonchev–Trinajstić information content (AvgIpc) is 2.63. The summed E-state index contributed by atoms with van der Waals surface area (Å²) in [5.41, 5.74) is 0. The van der Waals surface area contributed by atoms with Crippen LogP contribution >= 0.6 is 0 Å². The molecule has 0 spiro atoms. The van der Waals surface area contributed by atoms with Crippen molar-refractivity contribution >= 4 is 9.84 Å². The highest BCUT2D eigenvalue weighted by molar-refractivity contribution is 7.91. The van der Waals surface area contributed by atoms with Gasteiger partial charge in [0, 0.05) is 24.9 Å². The third kappa shape index (κ3) is 4.39. The Morgan fingerprint density at radius 1 is 1.38 bits per heavy atom. The molecule has 0 aromatic rings. The molecule has 5 heteroatoms. The van der Waals surface area contributed by atoms with Crippen LogP contribution < -0.4 is 5.32 Å². The molecule has 1 atom stereocenters. The smallest absolute Gasteiger partial charge is 0.151 e. The molecule has 0 aliphatic carbocycles. The Bertz CT molecular complexity index is 290. The lowest BCUT2D eigenvalue weighted by Gasteiger charge is -2.23. The van der Waals surface area contributed by atoms with Crippen molar-refractivity contribution in [1.82, 2.24) is 10.2 Å². The van der Waals surface area contributed by atoms with Crippen molar-refractivity contribution in [3.05, 3.63) is 0 Å². The molecule has 4 nitrogen and oxygen atoms in total. The number of sulfone groups is 1. The predicted molar refractivity (Wildman–Crippen MR) is 67.5 cm³/mol. The van der Waals surface area contributed by atoms with Gasteiger partial charge in [-0.2, -0.15) is 0 Å². The molecule has 1 saturated heterocycles. The molecular formula is C11H24N2O2S. The fraction of sp³-hybridized carbons (Fsp3) is 1.00. The molecule has 0 radical (unpaired) electrons. The van der Waals surface area contributed by atoms with Gasteiger partial charge in [0.15, 0.2) is 9.84 Å². The van der Waals surface area contributed by atoms with Gasteiger partial charge in [-0.3, -0.25) is 4.90 Å². The molecule has 96 valence electrons. The Kier molecular flexibility index (Phi) is 5.72. The summed E-state index contributed by atoms with van der Waals surface area (Å²) < 4.78 is 23.2. The molecule has 16 heavy (non-hydrogen) atoms. The summed E-state index contributed by atoms with van der Waals surface area (Å²) in [5, 5.41) is 3.17. The fourth-order valence-corrected chi connectivity index (χ4v) is 3.66. The zero-order valence-electron chi connectivity index (χ0n) is 10.4. The lowest BCUT2D eigenvalue weighted by atomic mass is 10.2. The SMILES string of the molecule is CCCS(=O)(=O)CCN1CCCC1CNC. The monoisotopic (exact) mass is 248 g/mol. The van der Waals surface area contributed by atoms with Crippen LogP contribution in [0.4, 0.5) is 0 Å². The van der Waals surface area contributed by atoms with E-state index in [-0.39, 0.29) is 0 Å². The minimum atomic E-state index is -2.82. The summed E-state index contributed by atoms with van der Waals surface area (Å²) in [7, 11) is -0.871. The average molecular weight is 248 g/mol. The number of nitrogens with zero attached hydrogens (tertiary/aromatic N) is 1. The van der Waals surface area contributed by atoms with Gasteiger partial charge in [0.1, 0.15) is 0 Å². The minimum absolute atomic E-state index is 0.320. The summed E-state index contributed by atoms with van der Waals surface area (Å²) >= 11 is 0. The second-order valence-electron chi connectivity index (χ2n) is 4.54. The number of rotatable bonds is 7. The van der Waals surface area contributed by atoms with E-state index in [0.717, 1.165) is 19.5 Å². The molecule has 1 aliphatic heterocycles. The van der Waals surface area contributed by atoms with Crippen LogP contribution in [0.5, 0.6) is 0 Å². The van der Waals surface area contributed by atoms with Gasteiger partial charge in [0.25, 0.3) is 0 Å². The molecule has 1 rings (SSSR count). The van der Waals surface area contributed by atoms with E-state index >= 15 is 0 Å². The molecular weight excluding hydrogens is 224 g/mol. The third-order valence-corrected chi connectivity index (χ3v) is 4.98. The van der Waals surface area contributed by atoms with E-state index < -0.39 is 9.84 Å². The van der Waals surface area contributed by atoms with Crippen LogP contribution in [0.2, 0.25) is 0 Å². The highest BCUT2D eigenvalue weighted by atomic mass is 32.2. The van der Waals surface area contributed by atoms with Crippen molar-refractivity contribution in [3.63, 3.8) is 0 Å². The van der Waals surface area contributed by atoms with Gasteiger partial charge in [0.05, 0.1) is 5.75 Å². The molecule has 0 aromatic carbocycles. The Labute approximate surface area is 99.3 Å². The highest BCUT2D eigenvalue weighted by Gasteiger charge is 2.24. The molecule has 0 amide bonds. The topological polar surface area (TPSA) is 49.4 Å². The van der Waals surface area contributed by atoms with Gasteiger partial charge in [-0.05, 0) is 32.9 Å². The van der Waals surface area contributed by atoms with E-state index in [0.29, 0.717) is 24.1 Å². The maximum Gasteiger partial charge on any atom is 0.151 e. The fourth-order valence-electron chi connectivity index (χ4n) is 2.33. The maximum atomic E-state index is 11.6. The van der Waals surface area contributed by atoms with Crippen LogP contribution in [-0.4, -0.2) is 57.5 Å². The van der Waals surface area contributed by atoms with E-state index in [1.807, 2.05) is 14.0 Å². The number of hydrogen-bond donors (Lipinski definition) is 1. The van der Waals surface area contributed by atoms with E-state index in [1.54, 1.807) is 0 Å². The Morgan fingerprint density at radius 3 is 2.75 bits per heavy atom. The van der Waals surface area contributed by atoms with Gasteiger partial charge in [0.2, 0.25) is 0 Å². The van der Waals surface area contributed by atoms with Gasteiger partial charge in [-0.15, -0.1) is 0 Å². The van der Waals surface area contributed by atoms with Crippen molar-refractivity contribution in [1.29, 1.82) is 0 Å². The maximum absolute atomic E-state index is 11.6. The summed E-state index contributed by atoms with van der Waals surface area (Å²) in [4.78, 5) is 2.31. The minimum Gasteiger partial charge on any atom is -0.318 e. The molecule has 1 N–H and O–H groups in total. The second-order valence-corrected chi connectivity index (χ2v) is 6.85. The molecule has 0 aromatic heterocycles. The normalized spacial score (nSPS) is 22.8. The zero-order chi connectivity index (χ0) is 12.0.